The third-order valence-electron chi connectivity index (χ3n) is 8.11. The molecule has 1 aliphatic heterocycles. The average molecular weight is 560 g/mol. The predicted octanol–water partition coefficient (Wildman–Crippen LogP) is 2.33. The van der Waals surface area contributed by atoms with Gasteiger partial charge in [-0.25, -0.2) is 9.36 Å². The molecular formula is C30H33N5O6. The summed E-state index contributed by atoms with van der Waals surface area (Å²) in [4.78, 5) is 57.4. The van der Waals surface area contributed by atoms with Gasteiger partial charge in [0.15, 0.2) is 0 Å². The number of furan rings is 1. The molecule has 41 heavy (non-hydrogen) atoms. The number of anilines is 1. The van der Waals surface area contributed by atoms with Crippen LogP contribution in [0, 0.1) is 0 Å². The molecule has 0 spiro atoms. The Bertz CT molecular complexity index is 1720. The van der Waals surface area contributed by atoms with E-state index in [0.29, 0.717) is 37.1 Å². The van der Waals surface area contributed by atoms with Gasteiger partial charge in [0.25, 0.3) is 5.56 Å². The quantitative estimate of drug-likeness (QED) is 0.369. The minimum atomic E-state index is -0.711. The van der Waals surface area contributed by atoms with Gasteiger partial charge in [-0.15, -0.1) is 0 Å². The molecule has 11 heteroatoms. The molecule has 3 heterocycles. The summed E-state index contributed by atoms with van der Waals surface area (Å²) < 4.78 is 13.5. The third kappa shape index (κ3) is 5.07. The number of rotatable bonds is 7. The number of carbonyl (C=O) groups is 2. The first-order valence-electron chi connectivity index (χ1n) is 14.0. The Hall–Kier alpha value is -4.54. The Kier molecular flexibility index (Phi) is 7.25. The minimum absolute atomic E-state index is 0.0476. The van der Waals surface area contributed by atoms with Crippen molar-refractivity contribution in [2.24, 2.45) is 0 Å². The summed E-state index contributed by atoms with van der Waals surface area (Å²) in [6.45, 7) is 1.41. The molecule has 1 saturated heterocycles. The first-order valence-corrected chi connectivity index (χ1v) is 14.0. The molecule has 0 radical (unpaired) electrons. The van der Waals surface area contributed by atoms with E-state index in [-0.39, 0.29) is 29.6 Å². The van der Waals surface area contributed by atoms with Crippen LogP contribution in [-0.4, -0.2) is 65.2 Å². The van der Waals surface area contributed by atoms with Crippen molar-refractivity contribution in [3.8, 4) is 5.75 Å². The van der Waals surface area contributed by atoms with Crippen LogP contribution in [0.2, 0.25) is 0 Å². The van der Waals surface area contributed by atoms with Crippen LogP contribution in [0.1, 0.15) is 25.7 Å². The Morgan fingerprint density at radius 2 is 1.63 bits per heavy atom. The monoisotopic (exact) mass is 559 g/mol. The smallest absolute Gasteiger partial charge is 0.332 e. The molecule has 0 unspecified atom stereocenters. The van der Waals surface area contributed by atoms with Crippen molar-refractivity contribution in [3.63, 3.8) is 0 Å². The highest BCUT2D eigenvalue weighted by molar-refractivity contribution is 6.02. The van der Waals surface area contributed by atoms with E-state index in [0.717, 1.165) is 41.7 Å². The maximum Gasteiger partial charge on any atom is 0.332 e. The van der Waals surface area contributed by atoms with Gasteiger partial charge >= 0.3 is 5.69 Å². The zero-order chi connectivity index (χ0) is 28.5. The van der Waals surface area contributed by atoms with E-state index in [1.165, 1.54) is 4.57 Å². The lowest BCUT2D eigenvalue weighted by atomic mass is 10.2. The molecule has 0 bridgehead atoms. The molecule has 4 aromatic rings. The topological polar surface area (TPSA) is 119 Å². The highest BCUT2D eigenvalue weighted by Crippen LogP contribution is 2.29. The number of methoxy groups -OCH3 is 1. The van der Waals surface area contributed by atoms with Crippen molar-refractivity contribution in [1.82, 2.24) is 19.4 Å². The second kappa shape index (κ2) is 11.1. The number of ether oxygens (including phenoxy) is 1. The minimum Gasteiger partial charge on any atom is -0.495 e. The number of para-hydroxylation sites is 3. The average Bonchev–Trinajstić information content (AvgIpc) is 3.65. The number of hydrogen-bond donors (Lipinski definition) is 1. The van der Waals surface area contributed by atoms with Crippen molar-refractivity contribution < 1.29 is 18.7 Å². The van der Waals surface area contributed by atoms with E-state index in [1.54, 1.807) is 36.3 Å². The first kappa shape index (κ1) is 26.7. The summed E-state index contributed by atoms with van der Waals surface area (Å²) in [5.74, 6) is 0.114. The predicted molar refractivity (Wildman–Crippen MR) is 154 cm³/mol. The number of fused-ring (bicyclic) bond motifs is 3. The number of hydrogen-bond acceptors (Lipinski definition) is 7. The number of carbonyl (C=O) groups excluding carboxylic acids is 2. The van der Waals surface area contributed by atoms with Gasteiger partial charge in [0.1, 0.15) is 29.9 Å². The van der Waals surface area contributed by atoms with Gasteiger partial charge in [-0.3, -0.25) is 19.0 Å². The fourth-order valence-electron chi connectivity index (χ4n) is 5.99. The lowest BCUT2D eigenvalue weighted by Crippen LogP contribution is -2.51. The fraction of sp³-hybridized carbons (Fsp3) is 0.400. The second-order valence-electron chi connectivity index (χ2n) is 10.6. The molecule has 214 valence electrons. The molecule has 2 aromatic carbocycles. The van der Waals surface area contributed by atoms with Gasteiger partial charge in [-0.2, -0.15) is 0 Å². The number of benzene rings is 2. The van der Waals surface area contributed by atoms with Gasteiger partial charge in [0.2, 0.25) is 17.4 Å². The fourth-order valence-corrected chi connectivity index (χ4v) is 5.99. The Morgan fingerprint density at radius 1 is 0.927 bits per heavy atom. The van der Waals surface area contributed by atoms with Crippen molar-refractivity contribution in [1.29, 1.82) is 0 Å². The van der Waals surface area contributed by atoms with Crippen LogP contribution >= 0.6 is 0 Å². The largest absolute Gasteiger partial charge is 0.495 e. The van der Waals surface area contributed by atoms with Crippen LogP contribution < -0.4 is 26.2 Å². The normalized spacial score (nSPS) is 16.0. The molecule has 1 saturated carbocycles. The van der Waals surface area contributed by atoms with Crippen molar-refractivity contribution in [2.75, 3.05) is 38.2 Å². The van der Waals surface area contributed by atoms with E-state index in [2.05, 4.69) is 10.2 Å². The molecule has 1 aliphatic carbocycles. The maximum atomic E-state index is 13.8. The maximum absolute atomic E-state index is 13.8. The standard InChI is InChI=1S/C30H33N5O6/c1-40-24-13-7-5-11-22(24)32-14-16-33(17-15-32)26(37)19-34-27-21-10-4-6-12-23(21)41-28(27)29(38)35(30(34)39)18-25(36)31-20-8-2-3-9-20/h4-7,10-13,20H,2-3,8-9,14-19H2,1H3,(H,31,36). The highest BCUT2D eigenvalue weighted by Gasteiger charge is 2.27. The zero-order valence-electron chi connectivity index (χ0n) is 23.0. The number of nitrogens with zero attached hydrogens (tertiary/aromatic N) is 4. The van der Waals surface area contributed by atoms with Gasteiger partial charge < -0.3 is 24.3 Å². The SMILES string of the molecule is COc1ccccc1N1CCN(C(=O)Cn2c(=O)n(CC(=O)NC3CCCC3)c(=O)c3oc4ccccc4c32)CC1. The molecule has 11 nitrogen and oxygen atoms in total. The van der Waals surface area contributed by atoms with Crippen LogP contribution in [0.3, 0.4) is 0 Å². The summed E-state index contributed by atoms with van der Waals surface area (Å²) >= 11 is 0. The van der Waals surface area contributed by atoms with Gasteiger partial charge in [-0.1, -0.05) is 37.1 Å². The molecule has 2 aliphatic rings. The lowest BCUT2D eigenvalue weighted by Gasteiger charge is -2.36. The van der Waals surface area contributed by atoms with Gasteiger partial charge in [0.05, 0.1) is 12.8 Å². The molecular weight excluding hydrogens is 526 g/mol. The van der Waals surface area contributed by atoms with E-state index >= 15 is 0 Å². The van der Waals surface area contributed by atoms with Crippen LogP contribution in [0.4, 0.5) is 5.69 Å². The van der Waals surface area contributed by atoms with E-state index < -0.39 is 23.7 Å². The highest BCUT2D eigenvalue weighted by atomic mass is 16.5. The summed E-state index contributed by atoms with van der Waals surface area (Å²) in [5.41, 5.74) is 0.220. The van der Waals surface area contributed by atoms with Gasteiger partial charge in [0, 0.05) is 37.6 Å². The molecule has 1 N–H and O–H groups in total. The van der Waals surface area contributed by atoms with Crippen LogP contribution in [0.5, 0.6) is 5.75 Å². The lowest BCUT2D eigenvalue weighted by molar-refractivity contribution is -0.132. The summed E-state index contributed by atoms with van der Waals surface area (Å²) in [5, 5.41) is 3.49. The Balaban J connectivity index is 1.29. The van der Waals surface area contributed by atoms with E-state index in [4.69, 9.17) is 9.15 Å². The summed E-state index contributed by atoms with van der Waals surface area (Å²) in [7, 11) is 1.63. The summed E-state index contributed by atoms with van der Waals surface area (Å²) in [6.07, 6.45) is 3.84. The van der Waals surface area contributed by atoms with E-state index in [1.807, 2.05) is 24.3 Å². The number of amides is 2. The number of nitrogens with one attached hydrogen (secondary N) is 1. The summed E-state index contributed by atoms with van der Waals surface area (Å²) in [6, 6.07) is 14.8. The van der Waals surface area contributed by atoms with E-state index in [9.17, 15) is 19.2 Å². The number of piperazine rings is 1. The third-order valence-corrected chi connectivity index (χ3v) is 8.11. The van der Waals surface area contributed by atoms with Crippen molar-refractivity contribution in [2.45, 2.75) is 44.8 Å². The Morgan fingerprint density at radius 3 is 2.39 bits per heavy atom. The zero-order valence-corrected chi connectivity index (χ0v) is 23.0. The molecule has 2 amide bonds. The first-order chi connectivity index (χ1) is 19.9. The molecule has 2 aromatic heterocycles. The number of aromatic nitrogens is 2. The molecule has 6 rings (SSSR count). The Labute approximate surface area is 235 Å². The van der Waals surface area contributed by atoms with Crippen LogP contribution in [0.15, 0.2) is 62.5 Å². The van der Waals surface area contributed by atoms with Gasteiger partial charge in [-0.05, 0) is 37.1 Å². The molecule has 2 fully saturated rings. The van der Waals surface area contributed by atoms with Crippen LogP contribution in [0.25, 0.3) is 22.1 Å². The second-order valence-corrected chi connectivity index (χ2v) is 10.6. The molecule has 0 atom stereocenters. The van der Waals surface area contributed by atoms with Crippen LogP contribution in [-0.2, 0) is 22.7 Å². The van der Waals surface area contributed by atoms with Crippen molar-refractivity contribution >= 4 is 39.6 Å². The van der Waals surface area contributed by atoms with Crippen molar-refractivity contribution in [3.05, 3.63) is 69.4 Å².